The van der Waals surface area contributed by atoms with Crippen molar-refractivity contribution in [3.63, 3.8) is 0 Å². The van der Waals surface area contributed by atoms with Gasteiger partial charge in [-0.2, -0.15) is 17.0 Å². The zero-order valence-corrected chi connectivity index (χ0v) is 14.4. The minimum atomic E-state index is -3.30. The standard InChI is InChI=1S/C14H31N3O2S/c1-12(2)9-15-10-14-7-6-8-17(11-14)20(18,19)16(5)13(3)4/h12-15H,6-11H2,1-5H3. The molecule has 0 saturated carbocycles. The molecule has 1 unspecified atom stereocenters. The Balaban J connectivity index is 2.56. The third kappa shape index (κ3) is 4.98. The van der Waals surface area contributed by atoms with Crippen molar-refractivity contribution in [1.29, 1.82) is 0 Å². The number of nitrogens with zero attached hydrogens (tertiary/aromatic N) is 2. The molecule has 0 radical (unpaired) electrons. The number of hydrogen-bond acceptors (Lipinski definition) is 3. The maximum Gasteiger partial charge on any atom is 0.281 e. The molecular formula is C14H31N3O2S. The molecular weight excluding hydrogens is 274 g/mol. The van der Waals surface area contributed by atoms with Gasteiger partial charge in [0, 0.05) is 26.2 Å². The molecule has 1 N–H and O–H groups in total. The monoisotopic (exact) mass is 305 g/mol. The quantitative estimate of drug-likeness (QED) is 0.776. The van der Waals surface area contributed by atoms with Crippen molar-refractivity contribution in [2.75, 3.05) is 33.2 Å². The molecule has 20 heavy (non-hydrogen) atoms. The molecule has 1 heterocycles. The van der Waals surface area contributed by atoms with Gasteiger partial charge in [0.15, 0.2) is 0 Å². The average molecular weight is 305 g/mol. The van der Waals surface area contributed by atoms with E-state index in [1.807, 2.05) is 13.8 Å². The second-order valence-corrected chi connectivity index (χ2v) is 8.52. The summed E-state index contributed by atoms with van der Waals surface area (Å²) in [6, 6.07) is -0.000516. The van der Waals surface area contributed by atoms with Gasteiger partial charge in [0.05, 0.1) is 0 Å². The van der Waals surface area contributed by atoms with E-state index in [0.717, 1.165) is 25.9 Å². The third-order valence-electron chi connectivity index (χ3n) is 3.88. The van der Waals surface area contributed by atoms with E-state index in [9.17, 15) is 8.42 Å². The average Bonchev–Trinajstić information content (AvgIpc) is 2.37. The maximum absolute atomic E-state index is 12.5. The molecule has 0 amide bonds. The maximum atomic E-state index is 12.5. The number of rotatable bonds is 7. The van der Waals surface area contributed by atoms with E-state index in [1.165, 1.54) is 4.31 Å². The Bertz CT molecular complexity index is 382. The topological polar surface area (TPSA) is 52.7 Å². The van der Waals surface area contributed by atoms with Gasteiger partial charge < -0.3 is 5.32 Å². The van der Waals surface area contributed by atoms with Gasteiger partial charge in [-0.1, -0.05) is 13.8 Å². The van der Waals surface area contributed by atoms with Crippen molar-refractivity contribution in [3.05, 3.63) is 0 Å². The van der Waals surface area contributed by atoms with Crippen LogP contribution in [0.1, 0.15) is 40.5 Å². The largest absolute Gasteiger partial charge is 0.316 e. The van der Waals surface area contributed by atoms with Crippen LogP contribution in [-0.2, 0) is 10.2 Å². The lowest BCUT2D eigenvalue weighted by molar-refractivity contribution is 0.240. The van der Waals surface area contributed by atoms with Gasteiger partial charge in [0.1, 0.15) is 0 Å². The van der Waals surface area contributed by atoms with E-state index < -0.39 is 10.2 Å². The predicted octanol–water partition coefficient (Wildman–Crippen LogP) is 1.53. The Labute approximate surface area is 124 Å². The van der Waals surface area contributed by atoms with Gasteiger partial charge in [0.25, 0.3) is 10.2 Å². The summed E-state index contributed by atoms with van der Waals surface area (Å²) >= 11 is 0. The predicted molar refractivity (Wildman–Crippen MR) is 83.8 cm³/mol. The molecule has 0 spiro atoms. The Kier molecular flexibility index (Phi) is 6.91. The van der Waals surface area contributed by atoms with Crippen LogP contribution < -0.4 is 5.32 Å². The van der Waals surface area contributed by atoms with Crippen LogP contribution in [0.15, 0.2) is 0 Å². The summed E-state index contributed by atoms with van der Waals surface area (Å²) in [6.45, 7) is 11.4. The van der Waals surface area contributed by atoms with Crippen molar-refractivity contribution < 1.29 is 8.42 Å². The Morgan fingerprint density at radius 2 is 1.95 bits per heavy atom. The molecule has 0 bridgehead atoms. The van der Waals surface area contributed by atoms with Crippen molar-refractivity contribution in [2.24, 2.45) is 11.8 Å². The summed E-state index contributed by atoms with van der Waals surface area (Å²) in [7, 11) is -1.63. The molecule has 0 aliphatic carbocycles. The highest BCUT2D eigenvalue weighted by atomic mass is 32.2. The van der Waals surface area contributed by atoms with Crippen LogP contribution in [0.5, 0.6) is 0 Å². The Hall–Kier alpha value is -0.170. The fourth-order valence-electron chi connectivity index (χ4n) is 2.43. The van der Waals surface area contributed by atoms with Gasteiger partial charge in [-0.05, 0) is 51.6 Å². The molecule has 1 aliphatic heterocycles. The second-order valence-electron chi connectivity index (χ2n) is 6.54. The molecule has 5 nitrogen and oxygen atoms in total. The molecule has 6 heteroatoms. The number of nitrogens with one attached hydrogen (secondary N) is 1. The smallest absolute Gasteiger partial charge is 0.281 e. The molecule has 0 aromatic carbocycles. The van der Waals surface area contributed by atoms with E-state index in [2.05, 4.69) is 19.2 Å². The van der Waals surface area contributed by atoms with E-state index in [4.69, 9.17) is 0 Å². The van der Waals surface area contributed by atoms with Crippen molar-refractivity contribution in [3.8, 4) is 0 Å². The van der Waals surface area contributed by atoms with Gasteiger partial charge >= 0.3 is 0 Å². The third-order valence-corrected chi connectivity index (χ3v) is 6.02. The summed E-state index contributed by atoms with van der Waals surface area (Å²) < 4.78 is 28.1. The van der Waals surface area contributed by atoms with E-state index >= 15 is 0 Å². The van der Waals surface area contributed by atoms with Crippen molar-refractivity contribution in [2.45, 2.75) is 46.6 Å². The van der Waals surface area contributed by atoms with E-state index in [-0.39, 0.29) is 6.04 Å². The van der Waals surface area contributed by atoms with E-state index in [0.29, 0.717) is 24.9 Å². The second kappa shape index (κ2) is 7.73. The van der Waals surface area contributed by atoms with Crippen LogP contribution in [0.2, 0.25) is 0 Å². The first-order valence-electron chi connectivity index (χ1n) is 7.69. The normalized spacial score (nSPS) is 22.1. The lowest BCUT2D eigenvalue weighted by atomic mass is 9.99. The molecule has 0 aromatic rings. The first kappa shape index (κ1) is 17.9. The molecule has 0 aromatic heterocycles. The van der Waals surface area contributed by atoms with Crippen molar-refractivity contribution >= 4 is 10.2 Å². The van der Waals surface area contributed by atoms with Gasteiger partial charge in [-0.25, -0.2) is 0 Å². The lowest BCUT2D eigenvalue weighted by Crippen LogP contribution is -2.49. The highest BCUT2D eigenvalue weighted by Gasteiger charge is 2.32. The molecule has 1 saturated heterocycles. The molecule has 1 atom stereocenters. The number of piperidine rings is 1. The minimum Gasteiger partial charge on any atom is -0.316 e. The van der Waals surface area contributed by atoms with Crippen LogP contribution in [0, 0.1) is 11.8 Å². The Morgan fingerprint density at radius 3 is 2.50 bits per heavy atom. The number of hydrogen-bond donors (Lipinski definition) is 1. The van der Waals surface area contributed by atoms with Crippen LogP contribution >= 0.6 is 0 Å². The SMILES string of the molecule is CC(C)CNCC1CCCN(S(=O)(=O)N(C)C(C)C)C1. The highest BCUT2D eigenvalue weighted by molar-refractivity contribution is 7.86. The molecule has 1 rings (SSSR count). The summed E-state index contributed by atoms with van der Waals surface area (Å²) in [4.78, 5) is 0. The summed E-state index contributed by atoms with van der Waals surface area (Å²) in [5, 5.41) is 3.44. The summed E-state index contributed by atoms with van der Waals surface area (Å²) in [6.07, 6.45) is 2.07. The molecule has 1 fully saturated rings. The van der Waals surface area contributed by atoms with Crippen LogP contribution in [0.25, 0.3) is 0 Å². The van der Waals surface area contributed by atoms with Crippen LogP contribution in [-0.4, -0.2) is 56.3 Å². The van der Waals surface area contributed by atoms with Gasteiger partial charge in [-0.15, -0.1) is 0 Å². The minimum absolute atomic E-state index is 0.000516. The zero-order chi connectivity index (χ0) is 15.3. The zero-order valence-electron chi connectivity index (χ0n) is 13.6. The van der Waals surface area contributed by atoms with E-state index in [1.54, 1.807) is 11.4 Å². The lowest BCUT2D eigenvalue weighted by Gasteiger charge is -2.35. The molecule has 120 valence electrons. The molecule has 1 aliphatic rings. The fourth-order valence-corrected chi connectivity index (χ4v) is 4.08. The fraction of sp³-hybridized carbons (Fsp3) is 1.00. The van der Waals surface area contributed by atoms with Crippen molar-refractivity contribution in [1.82, 2.24) is 13.9 Å². The first-order chi connectivity index (χ1) is 9.25. The summed E-state index contributed by atoms with van der Waals surface area (Å²) in [5.74, 6) is 1.06. The summed E-state index contributed by atoms with van der Waals surface area (Å²) in [5.41, 5.74) is 0. The van der Waals surface area contributed by atoms with Crippen LogP contribution in [0.4, 0.5) is 0 Å². The first-order valence-corrected chi connectivity index (χ1v) is 9.08. The van der Waals surface area contributed by atoms with Gasteiger partial charge in [0.2, 0.25) is 0 Å². The van der Waals surface area contributed by atoms with Crippen LogP contribution in [0.3, 0.4) is 0 Å². The highest BCUT2D eigenvalue weighted by Crippen LogP contribution is 2.21. The Morgan fingerprint density at radius 1 is 1.30 bits per heavy atom. The van der Waals surface area contributed by atoms with Gasteiger partial charge in [-0.3, -0.25) is 0 Å².